The van der Waals surface area contributed by atoms with E-state index in [1.807, 2.05) is 50.3 Å². The number of carbonyl (C=O) groups is 1. The number of amides is 1. The van der Waals surface area contributed by atoms with Gasteiger partial charge >= 0.3 is 0 Å². The quantitative estimate of drug-likeness (QED) is 0.678. The van der Waals surface area contributed by atoms with Crippen molar-refractivity contribution in [2.45, 2.75) is 52.7 Å². The minimum Gasteiger partial charge on any atom is -0.493 e. The Bertz CT molecular complexity index is 815. The fraction of sp³-hybridized carbons (Fsp3) is 0.375. The van der Waals surface area contributed by atoms with Crippen LogP contribution in [0.5, 0.6) is 11.5 Å². The van der Waals surface area contributed by atoms with Gasteiger partial charge < -0.3 is 14.8 Å². The van der Waals surface area contributed by atoms with Crippen LogP contribution >= 0.6 is 0 Å². The number of ether oxygens (including phenoxy) is 2. The average Bonchev–Trinajstić information content (AvgIpc) is 2.64. The number of methoxy groups -OCH3 is 1. The Hall–Kier alpha value is -2.75. The van der Waals surface area contributed by atoms with E-state index in [1.54, 1.807) is 13.2 Å². The van der Waals surface area contributed by atoms with Gasteiger partial charge in [-0.15, -0.1) is 0 Å². The van der Waals surface area contributed by atoms with Crippen LogP contribution in [0, 0.1) is 0 Å². The predicted octanol–water partition coefficient (Wildman–Crippen LogP) is 5.11. The van der Waals surface area contributed by atoms with Crippen LogP contribution in [0.2, 0.25) is 0 Å². The van der Waals surface area contributed by atoms with Crippen molar-refractivity contribution in [3.05, 3.63) is 65.2 Å². The molecule has 0 bridgehead atoms. The Labute approximate surface area is 168 Å². The molecule has 28 heavy (non-hydrogen) atoms. The third kappa shape index (κ3) is 6.45. The zero-order chi connectivity index (χ0) is 20.7. The van der Waals surface area contributed by atoms with Gasteiger partial charge in [0, 0.05) is 12.6 Å². The Kier molecular flexibility index (Phi) is 7.27. The minimum absolute atomic E-state index is 0.0713. The molecule has 0 heterocycles. The summed E-state index contributed by atoms with van der Waals surface area (Å²) in [5, 5.41) is 2.89. The number of benzene rings is 2. The first-order valence-corrected chi connectivity index (χ1v) is 9.59. The van der Waals surface area contributed by atoms with E-state index in [4.69, 9.17) is 9.47 Å². The van der Waals surface area contributed by atoms with Crippen LogP contribution in [0.4, 0.5) is 0 Å². The lowest BCUT2D eigenvalue weighted by molar-refractivity contribution is -0.116. The molecule has 0 atom stereocenters. The van der Waals surface area contributed by atoms with Gasteiger partial charge in [0.05, 0.1) is 13.2 Å². The van der Waals surface area contributed by atoms with E-state index in [0.29, 0.717) is 18.0 Å². The van der Waals surface area contributed by atoms with Crippen LogP contribution in [0.3, 0.4) is 0 Å². The molecule has 4 nitrogen and oxygen atoms in total. The highest BCUT2D eigenvalue weighted by atomic mass is 16.5. The fourth-order valence-electron chi connectivity index (χ4n) is 2.69. The normalized spacial score (nSPS) is 11.7. The molecule has 0 aliphatic carbocycles. The van der Waals surface area contributed by atoms with E-state index in [2.05, 4.69) is 38.2 Å². The van der Waals surface area contributed by atoms with E-state index in [-0.39, 0.29) is 17.4 Å². The molecule has 1 N–H and O–H groups in total. The lowest BCUT2D eigenvalue weighted by Crippen LogP contribution is -2.20. The Morgan fingerprint density at radius 1 is 1.07 bits per heavy atom. The van der Waals surface area contributed by atoms with Crippen LogP contribution in [0.25, 0.3) is 6.08 Å². The first-order valence-electron chi connectivity index (χ1n) is 9.59. The van der Waals surface area contributed by atoms with Gasteiger partial charge in [0.1, 0.15) is 0 Å². The monoisotopic (exact) mass is 381 g/mol. The summed E-state index contributed by atoms with van der Waals surface area (Å²) in [7, 11) is 1.61. The van der Waals surface area contributed by atoms with Gasteiger partial charge in [0.15, 0.2) is 11.5 Å². The van der Waals surface area contributed by atoms with Crippen molar-refractivity contribution < 1.29 is 14.3 Å². The topological polar surface area (TPSA) is 47.6 Å². The van der Waals surface area contributed by atoms with E-state index in [1.165, 1.54) is 5.56 Å². The zero-order valence-electron chi connectivity index (χ0n) is 17.7. The third-order valence-electron chi connectivity index (χ3n) is 4.26. The summed E-state index contributed by atoms with van der Waals surface area (Å²) in [5.41, 5.74) is 3.34. The fourth-order valence-corrected chi connectivity index (χ4v) is 2.69. The summed E-state index contributed by atoms with van der Waals surface area (Å²) in [5.74, 6) is 1.22. The minimum atomic E-state index is -0.138. The van der Waals surface area contributed by atoms with Crippen molar-refractivity contribution >= 4 is 12.0 Å². The Morgan fingerprint density at radius 3 is 2.32 bits per heavy atom. The smallest absolute Gasteiger partial charge is 0.244 e. The second-order valence-electron chi connectivity index (χ2n) is 8.07. The van der Waals surface area contributed by atoms with E-state index in [9.17, 15) is 4.79 Å². The molecule has 0 saturated heterocycles. The second-order valence-corrected chi connectivity index (χ2v) is 8.07. The van der Waals surface area contributed by atoms with Gasteiger partial charge in [-0.1, -0.05) is 51.1 Å². The Balaban J connectivity index is 1.94. The molecular formula is C24H31NO3. The second kappa shape index (κ2) is 9.45. The lowest BCUT2D eigenvalue weighted by atomic mass is 9.87. The number of carbonyl (C=O) groups excluding carboxylic acids is 1. The first-order chi connectivity index (χ1) is 13.2. The van der Waals surface area contributed by atoms with Crippen LogP contribution in [-0.2, 0) is 16.8 Å². The van der Waals surface area contributed by atoms with Gasteiger partial charge in [-0.25, -0.2) is 0 Å². The predicted molar refractivity (Wildman–Crippen MR) is 115 cm³/mol. The summed E-state index contributed by atoms with van der Waals surface area (Å²) in [4.78, 5) is 12.1. The molecule has 2 aromatic carbocycles. The highest BCUT2D eigenvalue weighted by molar-refractivity contribution is 5.91. The summed E-state index contributed by atoms with van der Waals surface area (Å²) in [6.45, 7) is 10.9. The lowest BCUT2D eigenvalue weighted by Gasteiger charge is -2.18. The van der Waals surface area contributed by atoms with E-state index < -0.39 is 0 Å². The van der Waals surface area contributed by atoms with Gasteiger partial charge in [-0.3, -0.25) is 4.79 Å². The molecule has 2 aromatic rings. The van der Waals surface area contributed by atoms with Crippen LogP contribution < -0.4 is 14.8 Å². The van der Waals surface area contributed by atoms with Crippen LogP contribution in [0.15, 0.2) is 48.5 Å². The zero-order valence-corrected chi connectivity index (χ0v) is 17.7. The largest absolute Gasteiger partial charge is 0.493 e. The van der Waals surface area contributed by atoms with Crippen molar-refractivity contribution in [2.75, 3.05) is 7.11 Å². The summed E-state index contributed by atoms with van der Waals surface area (Å²) in [6, 6.07) is 13.9. The number of rotatable bonds is 7. The molecule has 0 saturated carbocycles. The maximum atomic E-state index is 12.1. The molecule has 2 rings (SSSR count). The van der Waals surface area contributed by atoms with Gasteiger partial charge in [-0.2, -0.15) is 0 Å². The van der Waals surface area contributed by atoms with Crippen LogP contribution in [-0.4, -0.2) is 19.1 Å². The van der Waals surface area contributed by atoms with Crippen molar-refractivity contribution in [3.8, 4) is 11.5 Å². The Morgan fingerprint density at radius 2 is 1.75 bits per heavy atom. The summed E-state index contributed by atoms with van der Waals surface area (Å²) in [6.07, 6.45) is 3.45. The molecule has 0 radical (unpaired) electrons. The molecule has 0 aliphatic heterocycles. The van der Waals surface area contributed by atoms with E-state index in [0.717, 1.165) is 11.1 Å². The van der Waals surface area contributed by atoms with Crippen molar-refractivity contribution in [1.29, 1.82) is 0 Å². The van der Waals surface area contributed by atoms with Crippen molar-refractivity contribution in [3.63, 3.8) is 0 Å². The van der Waals surface area contributed by atoms with Crippen molar-refractivity contribution in [1.82, 2.24) is 5.32 Å². The van der Waals surface area contributed by atoms with Gasteiger partial charge in [-0.05, 0) is 54.2 Å². The molecule has 4 heteroatoms. The molecular weight excluding hydrogens is 350 g/mol. The standard InChI is InChI=1S/C24H31NO3/c1-17(2)28-21-13-9-19(15-22(21)27-6)16-25-23(26)14-10-18-7-11-20(12-8-18)24(3,4)5/h7-15,17H,16H2,1-6H3,(H,25,26)/b14-10+. The van der Waals surface area contributed by atoms with E-state index >= 15 is 0 Å². The molecule has 0 spiro atoms. The highest BCUT2D eigenvalue weighted by Crippen LogP contribution is 2.29. The van der Waals surface area contributed by atoms with Gasteiger partial charge in [0.2, 0.25) is 5.91 Å². The molecule has 0 aromatic heterocycles. The first kappa shape index (κ1) is 21.5. The van der Waals surface area contributed by atoms with Crippen LogP contribution in [0.1, 0.15) is 51.3 Å². The van der Waals surface area contributed by atoms with Gasteiger partial charge in [0.25, 0.3) is 0 Å². The summed E-state index contributed by atoms with van der Waals surface area (Å²) >= 11 is 0. The molecule has 1 amide bonds. The number of hydrogen-bond acceptors (Lipinski definition) is 3. The summed E-state index contributed by atoms with van der Waals surface area (Å²) < 4.78 is 11.1. The molecule has 0 unspecified atom stereocenters. The number of nitrogens with one attached hydrogen (secondary N) is 1. The maximum absolute atomic E-state index is 12.1. The SMILES string of the molecule is COc1cc(CNC(=O)/C=C/c2ccc(C(C)(C)C)cc2)ccc1OC(C)C. The average molecular weight is 382 g/mol. The van der Waals surface area contributed by atoms with Crippen molar-refractivity contribution in [2.24, 2.45) is 0 Å². The molecule has 150 valence electrons. The number of hydrogen-bond donors (Lipinski definition) is 1. The highest BCUT2D eigenvalue weighted by Gasteiger charge is 2.12. The molecule has 0 fully saturated rings. The molecule has 0 aliphatic rings. The maximum Gasteiger partial charge on any atom is 0.244 e. The third-order valence-corrected chi connectivity index (χ3v) is 4.26.